The molecule has 54 valence electrons. The highest BCUT2D eigenvalue weighted by molar-refractivity contribution is 7.75. The van der Waals surface area contributed by atoms with Gasteiger partial charge in [-0.2, -0.15) is 0 Å². The van der Waals surface area contributed by atoms with Crippen molar-refractivity contribution in [3.05, 3.63) is 24.3 Å². The van der Waals surface area contributed by atoms with Crippen LogP contribution < -0.4 is 9.50 Å². The first-order valence-electron chi connectivity index (χ1n) is 2.96. The van der Waals surface area contributed by atoms with Crippen molar-refractivity contribution in [2.45, 2.75) is 0 Å². The Morgan fingerprint density at radius 2 is 2.10 bits per heavy atom. The minimum atomic E-state index is 0.744. The van der Waals surface area contributed by atoms with E-state index in [1.54, 1.807) is 0 Å². The summed E-state index contributed by atoms with van der Waals surface area (Å²) < 4.78 is 4.77. The minimum Gasteiger partial charge on any atom is -0.427 e. The number of hydrogen-bond acceptors (Lipinski definition) is 3. The van der Waals surface area contributed by atoms with Gasteiger partial charge in [0.25, 0.3) is 0 Å². The average Bonchev–Trinajstić information content (AvgIpc) is 2.04. The fraction of sp³-hybridized carbons (Fsp3) is 0.143. The molecule has 0 heterocycles. The molecule has 1 N–H and O–H groups in total. The van der Waals surface area contributed by atoms with Crippen molar-refractivity contribution >= 4 is 18.6 Å². The SMILES string of the molecule is CNc1ccccc1OS. The highest BCUT2D eigenvalue weighted by atomic mass is 32.1. The molecule has 0 radical (unpaired) electrons. The maximum Gasteiger partial charge on any atom is 0.160 e. The number of thiol groups is 1. The topological polar surface area (TPSA) is 21.3 Å². The Morgan fingerprint density at radius 1 is 1.40 bits per heavy atom. The van der Waals surface area contributed by atoms with Gasteiger partial charge in [-0.1, -0.05) is 12.1 Å². The van der Waals surface area contributed by atoms with Crippen molar-refractivity contribution in [3.63, 3.8) is 0 Å². The van der Waals surface area contributed by atoms with Crippen molar-refractivity contribution in [2.24, 2.45) is 0 Å². The molecule has 0 atom stereocenters. The predicted octanol–water partition coefficient (Wildman–Crippen LogP) is 1.95. The lowest BCUT2D eigenvalue weighted by atomic mass is 10.3. The second kappa shape index (κ2) is 3.37. The fourth-order valence-corrected chi connectivity index (χ4v) is 0.912. The number of hydrogen-bond donors (Lipinski definition) is 2. The zero-order valence-corrected chi connectivity index (χ0v) is 6.56. The van der Waals surface area contributed by atoms with Crippen LogP contribution >= 0.6 is 12.9 Å². The molecule has 0 aliphatic rings. The molecule has 0 fully saturated rings. The molecule has 1 aromatic carbocycles. The first-order valence-corrected chi connectivity index (χ1v) is 3.33. The summed E-state index contributed by atoms with van der Waals surface area (Å²) in [6, 6.07) is 7.60. The van der Waals surface area contributed by atoms with Gasteiger partial charge < -0.3 is 9.50 Å². The normalized spacial score (nSPS) is 9.00. The smallest absolute Gasteiger partial charge is 0.160 e. The van der Waals surface area contributed by atoms with Crippen molar-refractivity contribution in [2.75, 3.05) is 12.4 Å². The fourth-order valence-electron chi connectivity index (χ4n) is 0.753. The largest absolute Gasteiger partial charge is 0.427 e. The van der Waals surface area contributed by atoms with Gasteiger partial charge in [0, 0.05) is 20.0 Å². The molecule has 3 heteroatoms. The Balaban J connectivity index is 2.96. The molecule has 2 nitrogen and oxygen atoms in total. The summed E-state index contributed by atoms with van der Waals surface area (Å²) in [4.78, 5) is 0. The van der Waals surface area contributed by atoms with E-state index < -0.39 is 0 Å². The molecule has 0 aromatic heterocycles. The molecule has 0 aliphatic carbocycles. The van der Waals surface area contributed by atoms with Gasteiger partial charge >= 0.3 is 0 Å². The van der Waals surface area contributed by atoms with Crippen LogP contribution in [0.4, 0.5) is 5.69 Å². The van der Waals surface area contributed by atoms with E-state index in [0.29, 0.717) is 0 Å². The van der Waals surface area contributed by atoms with Crippen LogP contribution in [0.1, 0.15) is 0 Å². The summed E-state index contributed by atoms with van der Waals surface area (Å²) in [6.07, 6.45) is 0. The van der Waals surface area contributed by atoms with Crippen molar-refractivity contribution in [3.8, 4) is 5.75 Å². The Morgan fingerprint density at radius 3 is 2.60 bits per heavy atom. The summed E-state index contributed by atoms with van der Waals surface area (Å²) in [5.41, 5.74) is 0.942. The molecule has 0 bridgehead atoms. The molecule has 1 aromatic rings. The van der Waals surface area contributed by atoms with E-state index >= 15 is 0 Å². The lowest BCUT2D eigenvalue weighted by Gasteiger charge is -2.04. The van der Waals surface area contributed by atoms with Crippen LogP contribution in [0, 0.1) is 0 Å². The third kappa shape index (κ3) is 1.36. The zero-order chi connectivity index (χ0) is 7.40. The summed E-state index contributed by atoms with van der Waals surface area (Å²) in [7, 11) is 1.84. The van der Waals surface area contributed by atoms with Crippen LogP contribution in [0.3, 0.4) is 0 Å². The Kier molecular flexibility index (Phi) is 2.45. The van der Waals surface area contributed by atoms with Crippen LogP contribution in [0.2, 0.25) is 0 Å². The highest BCUT2D eigenvalue weighted by Gasteiger charge is 1.96. The summed E-state index contributed by atoms with van der Waals surface area (Å²) in [5.74, 6) is 0.744. The first kappa shape index (κ1) is 7.28. The third-order valence-electron chi connectivity index (χ3n) is 1.25. The lowest BCUT2D eigenvalue weighted by molar-refractivity contribution is 0.661. The second-order valence-corrected chi connectivity index (χ2v) is 2.02. The molecule has 0 saturated heterocycles. The maximum atomic E-state index is 4.77. The van der Waals surface area contributed by atoms with Gasteiger partial charge in [0.1, 0.15) is 0 Å². The average molecular weight is 155 g/mol. The van der Waals surface area contributed by atoms with Gasteiger partial charge in [0.15, 0.2) is 5.75 Å². The molecule has 1 rings (SSSR count). The molecule has 0 spiro atoms. The van der Waals surface area contributed by atoms with Crippen molar-refractivity contribution in [1.29, 1.82) is 0 Å². The quantitative estimate of drug-likeness (QED) is 0.503. The zero-order valence-electron chi connectivity index (χ0n) is 5.66. The number of benzene rings is 1. The summed E-state index contributed by atoms with van der Waals surface area (Å²) >= 11 is 3.69. The van der Waals surface area contributed by atoms with Gasteiger partial charge in [-0.3, -0.25) is 0 Å². The third-order valence-corrected chi connectivity index (χ3v) is 1.45. The Bertz CT molecular complexity index is 192. The van der Waals surface area contributed by atoms with E-state index in [2.05, 4.69) is 18.2 Å². The van der Waals surface area contributed by atoms with Crippen molar-refractivity contribution in [1.82, 2.24) is 0 Å². The van der Waals surface area contributed by atoms with Gasteiger partial charge in [-0.25, -0.2) is 0 Å². The van der Waals surface area contributed by atoms with Crippen molar-refractivity contribution < 1.29 is 4.18 Å². The standard InChI is InChI=1S/C7H9NOS/c1-8-6-4-2-3-5-7(6)9-10/h2-5,8,10H,1H3. The lowest BCUT2D eigenvalue weighted by Crippen LogP contribution is -1.89. The van der Waals surface area contributed by atoms with E-state index in [0.717, 1.165) is 11.4 Å². The number of rotatable bonds is 2. The molecular weight excluding hydrogens is 146 g/mol. The molecule has 0 saturated carbocycles. The van der Waals surface area contributed by atoms with Crippen LogP contribution in [0.25, 0.3) is 0 Å². The maximum absolute atomic E-state index is 4.77. The van der Waals surface area contributed by atoms with Crippen LogP contribution in [-0.2, 0) is 0 Å². The van der Waals surface area contributed by atoms with E-state index in [1.165, 1.54) is 0 Å². The van der Waals surface area contributed by atoms with E-state index in [4.69, 9.17) is 4.18 Å². The van der Waals surface area contributed by atoms with Crippen LogP contribution in [-0.4, -0.2) is 7.05 Å². The second-order valence-electron chi connectivity index (χ2n) is 1.84. The highest BCUT2D eigenvalue weighted by Crippen LogP contribution is 2.23. The van der Waals surface area contributed by atoms with Crippen LogP contribution in [0.15, 0.2) is 24.3 Å². The summed E-state index contributed by atoms with van der Waals surface area (Å²) in [6.45, 7) is 0. The number of anilines is 1. The van der Waals surface area contributed by atoms with Crippen LogP contribution in [0.5, 0.6) is 5.75 Å². The van der Waals surface area contributed by atoms with E-state index in [-0.39, 0.29) is 0 Å². The molecule has 0 unspecified atom stereocenters. The predicted molar refractivity (Wildman–Crippen MR) is 45.6 cm³/mol. The Labute approximate surface area is 65.8 Å². The summed E-state index contributed by atoms with van der Waals surface area (Å²) in [5, 5.41) is 2.97. The number of nitrogens with one attached hydrogen (secondary N) is 1. The molecule has 0 amide bonds. The van der Waals surface area contributed by atoms with Gasteiger partial charge in [-0.05, 0) is 12.1 Å². The van der Waals surface area contributed by atoms with Gasteiger partial charge in [0.05, 0.1) is 5.69 Å². The molecule has 0 aliphatic heterocycles. The van der Waals surface area contributed by atoms with E-state index in [1.807, 2.05) is 31.3 Å². The monoisotopic (exact) mass is 155 g/mol. The van der Waals surface area contributed by atoms with Gasteiger partial charge in [0.2, 0.25) is 0 Å². The Hall–Kier alpha value is -0.830. The molecular formula is C7H9NOS. The van der Waals surface area contributed by atoms with E-state index in [9.17, 15) is 0 Å². The number of para-hydroxylation sites is 2. The van der Waals surface area contributed by atoms with Gasteiger partial charge in [-0.15, -0.1) is 0 Å². The first-order chi connectivity index (χ1) is 4.88. The molecule has 10 heavy (non-hydrogen) atoms. The minimum absolute atomic E-state index is 0.744.